The Bertz CT molecular complexity index is 624. The van der Waals surface area contributed by atoms with Gasteiger partial charge in [-0.2, -0.15) is 0 Å². The van der Waals surface area contributed by atoms with Crippen molar-refractivity contribution < 1.29 is 9.69 Å². The van der Waals surface area contributed by atoms with Crippen molar-refractivity contribution in [2.45, 2.75) is 20.3 Å². The predicted octanol–water partition coefficient (Wildman–Crippen LogP) is 0.839. The van der Waals surface area contributed by atoms with E-state index >= 15 is 0 Å². The third kappa shape index (κ3) is 6.14. The van der Waals surface area contributed by atoms with Crippen molar-refractivity contribution in [2.24, 2.45) is 0 Å². The third-order valence-electron chi connectivity index (χ3n) is 4.38. The monoisotopic (exact) mass is 361 g/mol. The van der Waals surface area contributed by atoms with Gasteiger partial charge in [0.2, 0.25) is 0 Å². The summed E-state index contributed by atoms with van der Waals surface area (Å²) < 4.78 is 0. The van der Waals surface area contributed by atoms with E-state index < -0.39 is 0 Å². The average molecular weight is 362 g/mol. The maximum absolute atomic E-state index is 12.3. The van der Waals surface area contributed by atoms with E-state index in [1.165, 1.54) is 10.5 Å². The van der Waals surface area contributed by atoms with Gasteiger partial charge in [-0.25, -0.2) is 0 Å². The van der Waals surface area contributed by atoms with Crippen LogP contribution in [0.2, 0.25) is 0 Å². The summed E-state index contributed by atoms with van der Waals surface area (Å²) in [5.74, 6) is 0.0762. The second kappa shape index (κ2) is 9.53. The van der Waals surface area contributed by atoms with Gasteiger partial charge in [0.1, 0.15) is 0 Å². The van der Waals surface area contributed by atoms with E-state index in [9.17, 15) is 4.79 Å². The molecule has 1 aromatic carbocycles. The zero-order valence-electron chi connectivity index (χ0n) is 15.2. The number of carbonyl (C=O) groups is 1. The fraction of sp³-hybridized carbons (Fsp3) is 0.474. The van der Waals surface area contributed by atoms with Crippen LogP contribution < -0.4 is 15.5 Å². The van der Waals surface area contributed by atoms with E-state index in [1.807, 2.05) is 25.1 Å². The van der Waals surface area contributed by atoms with Crippen LogP contribution in [0.1, 0.15) is 19.4 Å². The van der Waals surface area contributed by atoms with Crippen LogP contribution in [0.25, 0.3) is 0 Å². The van der Waals surface area contributed by atoms with Crippen LogP contribution in [-0.2, 0) is 11.2 Å². The number of amides is 1. The number of piperazine rings is 1. The van der Waals surface area contributed by atoms with Crippen LogP contribution in [0.5, 0.6) is 0 Å². The van der Waals surface area contributed by atoms with E-state index in [0.717, 1.165) is 49.0 Å². The molecule has 0 unspecified atom stereocenters. The zero-order chi connectivity index (χ0) is 18.2. The lowest BCUT2D eigenvalue weighted by molar-refractivity contribution is -0.895. The van der Waals surface area contributed by atoms with Crippen LogP contribution in [0.15, 0.2) is 36.4 Å². The maximum atomic E-state index is 12.3. The van der Waals surface area contributed by atoms with Gasteiger partial charge in [0.05, 0.1) is 26.2 Å². The molecular weight excluding hydrogens is 332 g/mol. The molecule has 1 amide bonds. The molecule has 0 radical (unpaired) electrons. The molecule has 0 aromatic heterocycles. The molecule has 1 aliphatic heterocycles. The topological polar surface area (TPSA) is 48.8 Å². The van der Waals surface area contributed by atoms with E-state index in [-0.39, 0.29) is 5.91 Å². The normalized spacial score (nSPS) is 14.9. The largest absolute Gasteiger partial charge is 0.359 e. The number of rotatable bonds is 6. The number of quaternary nitrogens is 1. The van der Waals surface area contributed by atoms with E-state index in [1.54, 1.807) is 0 Å². The van der Waals surface area contributed by atoms with E-state index in [2.05, 4.69) is 35.1 Å². The Morgan fingerprint density at radius 1 is 1.32 bits per heavy atom. The van der Waals surface area contributed by atoms with Gasteiger partial charge in [-0.05, 0) is 37.2 Å². The Morgan fingerprint density at radius 3 is 2.64 bits per heavy atom. The quantitative estimate of drug-likeness (QED) is 0.519. The SMILES string of the molecule is C=C(C)CNC(=S)N1CC[NH+](CC(=O)Nc2ccccc2CC)CC1. The lowest BCUT2D eigenvalue weighted by Crippen LogP contribution is -3.15. The van der Waals surface area contributed by atoms with Crippen LogP contribution in [0, 0.1) is 0 Å². The van der Waals surface area contributed by atoms with Crippen molar-refractivity contribution in [3.63, 3.8) is 0 Å². The molecule has 5 nitrogen and oxygen atoms in total. The Morgan fingerprint density at radius 2 is 2.00 bits per heavy atom. The molecule has 2 rings (SSSR count). The third-order valence-corrected chi connectivity index (χ3v) is 4.78. The molecule has 0 bridgehead atoms. The van der Waals surface area contributed by atoms with Gasteiger partial charge in [0.25, 0.3) is 5.91 Å². The number of nitrogens with one attached hydrogen (secondary N) is 3. The summed E-state index contributed by atoms with van der Waals surface area (Å²) in [6, 6.07) is 7.99. The number of hydrogen-bond donors (Lipinski definition) is 3. The van der Waals surface area contributed by atoms with Crippen LogP contribution in [0.4, 0.5) is 5.69 Å². The van der Waals surface area contributed by atoms with Crippen LogP contribution in [0.3, 0.4) is 0 Å². The summed E-state index contributed by atoms with van der Waals surface area (Å²) in [5, 5.41) is 7.06. The predicted molar refractivity (Wildman–Crippen MR) is 107 cm³/mol. The van der Waals surface area contributed by atoms with E-state index in [4.69, 9.17) is 12.2 Å². The average Bonchev–Trinajstić information content (AvgIpc) is 2.60. The van der Waals surface area contributed by atoms with Gasteiger partial charge in [0, 0.05) is 12.2 Å². The summed E-state index contributed by atoms with van der Waals surface area (Å²) in [6.07, 6.45) is 0.913. The number of aryl methyl sites for hydroxylation is 1. The lowest BCUT2D eigenvalue weighted by Gasteiger charge is -2.33. The fourth-order valence-corrected chi connectivity index (χ4v) is 3.17. The van der Waals surface area contributed by atoms with Crippen molar-refractivity contribution >= 4 is 28.9 Å². The smallest absolute Gasteiger partial charge is 0.279 e. The summed E-state index contributed by atoms with van der Waals surface area (Å²) in [6.45, 7) is 12.7. The molecule has 0 saturated carbocycles. The zero-order valence-corrected chi connectivity index (χ0v) is 16.0. The Balaban J connectivity index is 1.77. The van der Waals surface area contributed by atoms with Crippen LogP contribution >= 0.6 is 12.2 Å². The van der Waals surface area contributed by atoms with E-state index in [0.29, 0.717) is 13.1 Å². The lowest BCUT2D eigenvalue weighted by atomic mass is 10.1. The highest BCUT2D eigenvalue weighted by Gasteiger charge is 2.23. The number of nitrogens with zero attached hydrogens (tertiary/aromatic N) is 1. The number of thiocarbonyl (C=S) groups is 1. The van der Waals surface area contributed by atoms with Crippen molar-refractivity contribution in [2.75, 3.05) is 44.6 Å². The first-order valence-corrected chi connectivity index (χ1v) is 9.29. The van der Waals surface area contributed by atoms with Gasteiger partial charge >= 0.3 is 0 Å². The van der Waals surface area contributed by atoms with Crippen LogP contribution in [-0.4, -0.2) is 55.2 Å². The molecule has 1 fully saturated rings. The van der Waals surface area contributed by atoms with Gasteiger partial charge in [-0.3, -0.25) is 4.79 Å². The minimum atomic E-state index is 0.0762. The molecule has 0 atom stereocenters. The first-order chi connectivity index (χ1) is 12.0. The van der Waals surface area contributed by atoms with Crippen molar-refractivity contribution in [1.82, 2.24) is 10.2 Å². The highest BCUT2D eigenvalue weighted by molar-refractivity contribution is 7.80. The maximum Gasteiger partial charge on any atom is 0.279 e. The molecule has 1 aromatic rings. The molecule has 1 heterocycles. The van der Waals surface area contributed by atoms with Crippen molar-refractivity contribution in [1.29, 1.82) is 0 Å². The molecule has 3 N–H and O–H groups in total. The van der Waals surface area contributed by atoms with Gasteiger partial charge < -0.3 is 20.4 Å². The number of hydrogen-bond acceptors (Lipinski definition) is 2. The number of carbonyl (C=O) groups excluding carboxylic acids is 1. The molecule has 136 valence electrons. The second-order valence-electron chi connectivity index (χ2n) is 6.59. The van der Waals surface area contributed by atoms with Gasteiger partial charge in [0.15, 0.2) is 11.7 Å². The fourth-order valence-electron chi connectivity index (χ4n) is 2.91. The van der Waals surface area contributed by atoms with Crippen molar-refractivity contribution in [3.8, 4) is 0 Å². The molecule has 0 spiro atoms. The Hall–Kier alpha value is -1.92. The Kier molecular flexibility index (Phi) is 7.40. The summed E-state index contributed by atoms with van der Waals surface area (Å²) >= 11 is 5.42. The first kappa shape index (κ1) is 19.4. The minimum absolute atomic E-state index is 0.0762. The highest BCUT2D eigenvalue weighted by Crippen LogP contribution is 2.14. The minimum Gasteiger partial charge on any atom is -0.359 e. The molecule has 25 heavy (non-hydrogen) atoms. The molecule has 1 aliphatic rings. The molecule has 6 heteroatoms. The van der Waals surface area contributed by atoms with Crippen molar-refractivity contribution in [3.05, 3.63) is 42.0 Å². The molecule has 1 saturated heterocycles. The highest BCUT2D eigenvalue weighted by atomic mass is 32.1. The first-order valence-electron chi connectivity index (χ1n) is 8.88. The Labute approximate surface area is 156 Å². The van der Waals surface area contributed by atoms with Gasteiger partial charge in [-0.15, -0.1) is 0 Å². The molecule has 0 aliphatic carbocycles. The summed E-state index contributed by atoms with van der Waals surface area (Å²) in [7, 11) is 0. The molecular formula is C19H29N4OS+. The summed E-state index contributed by atoms with van der Waals surface area (Å²) in [5.41, 5.74) is 3.17. The van der Waals surface area contributed by atoms with Gasteiger partial charge in [-0.1, -0.05) is 37.3 Å². The number of benzene rings is 1. The second-order valence-corrected chi connectivity index (χ2v) is 6.98. The number of anilines is 1. The number of para-hydroxylation sites is 1. The standard InChI is InChI=1S/C19H28N4OS/c1-4-16-7-5-6-8-17(16)21-18(24)14-22-9-11-23(12-10-22)19(25)20-13-15(2)3/h5-8H,2,4,9-14H2,1,3H3,(H,20,25)(H,21,24)/p+1. The summed E-state index contributed by atoms with van der Waals surface area (Å²) in [4.78, 5) is 15.8.